The lowest BCUT2D eigenvalue weighted by Gasteiger charge is -2.21. The summed E-state index contributed by atoms with van der Waals surface area (Å²) >= 11 is 0. The molecule has 0 saturated heterocycles. The molecule has 1 fully saturated rings. The summed E-state index contributed by atoms with van der Waals surface area (Å²) in [6.45, 7) is 0. The molecule has 2 nitrogen and oxygen atoms in total. The highest BCUT2D eigenvalue weighted by molar-refractivity contribution is 5.28. The highest BCUT2D eigenvalue weighted by Crippen LogP contribution is 2.32. The van der Waals surface area contributed by atoms with Crippen LogP contribution in [0.25, 0.3) is 0 Å². The smallest absolute Gasteiger partial charge is 0.115 e. The number of benzene rings is 1. The van der Waals surface area contributed by atoms with Crippen LogP contribution in [0.15, 0.2) is 24.3 Å². The quantitative estimate of drug-likeness (QED) is 0.716. The Balaban J connectivity index is 0.000000980. The molecule has 1 saturated carbocycles. The van der Waals surface area contributed by atoms with Crippen LogP contribution in [-0.2, 0) is 0 Å². The van der Waals surface area contributed by atoms with Crippen molar-refractivity contribution in [2.75, 3.05) is 0 Å². The van der Waals surface area contributed by atoms with E-state index in [0.29, 0.717) is 5.75 Å². The van der Waals surface area contributed by atoms with Gasteiger partial charge in [0.2, 0.25) is 0 Å². The molecule has 0 amide bonds. The van der Waals surface area contributed by atoms with Crippen LogP contribution in [0.3, 0.4) is 0 Å². The van der Waals surface area contributed by atoms with Gasteiger partial charge in [0, 0.05) is 0 Å². The minimum absolute atomic E-state index is 0. The summed E-state index contributed by atoms with van der Waals surface area (Å²) in [6.07, 6.45) is 6.78. The lowest BCUT2D eigenvalue weighted by Crippen LogP contribution is -2.03. The third kappa shape index (κ3) is 2.48. The number of phenolic OH excluding ortho intramolecular Hbond substituents is 1. The maximum atomic E-state index is 9.16. The van der Waals surface area contributed by atoms with Crippen LogP contribution < -0.4 is 6.15 Å². The molecule has 1 aromatic rings. The summed E-state index contributed by atoms with van der Waals surface area (Å²) < 4.78 is 0. The summed E-state index contributed by atoms with van der Waals surface area (Å²) in [4.78, 5) is 0. The summed E-state index contributed by atoms with van der Waals surface area (Å²) in [5.74, 6) is 1.12. The van der Waals surface area contributed by atoms with Crippen molar-refractivity contribution in [1.82, 2.24) is 6.15 Å². The van der Waals surface area contributed by atoms with E-state index in [1.807, 2.05) is 0 Å². The Hall–Kier alpha value is -1.02. The first-order chi connectivity index (χ1) is 6.36. The Morgan fingerprint density at radius 3 is 2.07 bits per heavy atom. The number of phenols is 1. The molecule has 14 heavy (non-hydrogen) atoms. The Bertz CT molecular complexity index is 262. The van der Waals surface area contributed by atoms with Crippen LogP contribution in [-0.4, -0.2) is 5.11 Å². The predicted octanol–water partition coefficient (Wildman–Crippen LogP) is 3.60. The number of aromatic hydroxyl groups is 1. The lowest BCUT2D eigenvalue weighted by atomic mass is 9.84. The molecular formula is C12H19NO. The van der Waals surface area contributed by atoms with Crippen molar-refractivity contribution in [2.24, 2.45) is 0 Å². The summed E-state index contributed by atoms with van der Waals surface area (Å²) in [6, 6.07) is 7.71. The average Bonchev–Trinajstić information content (AvgIpc) is 2.20. The van der Waals surface area contributed by atoms with Crippen LogP contribution in [0.5, 0.6) is 5.75 Å². The molecule has 0 aromatic heterocycles. The van der Waals surface area contributed by atoms with E-state index in [1.54, 1.807) is 12.1 Å². The lowest BCUT2D eigenvalue weighted by molar-refractivity contribution is 0.442. The average molecular weight is 193 g/mol. The SMILES string of the molecule is N.Oc1ccc(C2CCCCC2)cc1. The zero-order valence-corrected chi connectivity index (χ0v) is 8.58. The minimum Gasteiger partial charge on any atom is -0.508 e. The predicted molar refractivity (Wildman–Crippen MR) is 59.0 cm³/mol. The monoisotopic (exact) mass is 193 g/mol. The molecule has 0 unspecified atom stereocenters. The molecule has 1 aliphatic carbocycles. The van der Waals surface area contributed by atoms with Gasteiger partial charge >= 0.3 is 0 Å². The first kappa shape index (κ1) is 11.1. The molecule has 1 aromatic carbocycles. The first-order valence-corrected chi connectivity index (χ1v) is 5.15. The second-order valence-electron chi connectivity index (χ2n) is 3.93. The van der Waals surface area contributed by atoms with Crippen molar-refractivity contribution < 1.29 is 5.11 Å². The zero-order valence-electron chi connectivity index (χ0n) is 8.58. The molecule has 0 bridgehead atoms. The largest absolute Gasteiger partial charge is 0.508 e. The maximum absolute atomic E-state index is 9.16. The van der Waals surface area contributed by atoms with E-state index in [0.717, 1.165) is 5.92 Å². The van der Waals surface area contributed by atoms with E-state index in [4.69, 9.17) is 5.11 Å². The molecule has 0 spiro atoms. The normalized spacial score (nSPS) is 17.4. The van der Waals surface area contributed by atoms with Crippen LogP contribution in [0.2, 0.25) is 0 Å². The van der Waals surface area contributed by atoms with E-state index in [9.17, 15) is 0 Å². The summed E-state index contributed by atoms with van der Waals surface area (Å²) in [5, 5.41) is 9.16. The standard InChI is InChI=1S/C12H16O.H3N/c13-12-8-6-11(7-9-12)10-4-2-1-3-5-10;/h6-10,13H,1-5H2;1H3. The van der Waals surface area contributed by atoms with E-state index in [-0.39, 0.29) is 6.15 Å². The second kappa shape index (κ2) is 5.01. The molecule has 2 rings (SSSR count). The Morgan fingerprint density at radius 2 is 1.50 bits per heavy atom. The van der Waals surface area contributed by atoms with Gasteiger partial charge in [0.25, 0.3) is 0 Å². The Kier molecular flexibility index (Phi) is 3.96. The van der Waals surface area contributed by atoms with Crippen LogP contribution in [0.4, 0.5) is 0 Å². The van der Waals surface area contributed by atoms with Gasteiger partial charge in [-0.3, -0.25) is 0 Å². The van der Waals surface area contributed by atoms with E-state index >= 15 is 0 Å². The molecule has 0 radical (unpaired) electrons. The van der Waals surface area contributed by atoms with E-state index in [2.05, 4.69) is 12.1 Å². The Labute approximate surface area is 85.5 Å². The van der Waals surface area contributed by atoms with Gasteiger partial charge in [-0.25, -0.2) is 0 Å². The van der Waals surface area contributed by atoms with Crippen molar-refractivity contribution in [1.29, 1.82) is 0 Å². The van der Waals surface area contributed by atoms with Gasteiger partial charge in [-0.1, -0.05) is 31.4 Å². The zero-order chi connectivity index (χ0) is 9.10. The van der Waals surface area contributed by atoms with Gasteiger partial charge in [-0.05, 0) is 36.5 Å². The third-order valence-corrected chi connectivity index (χ3v) is 2.97. The van der Waals surface area contributed by atoms with Crippen molar-refractivity contribution in [3.8, 4) is 5.75 Å². The van der Waals surface area contributed by atoms with Gasteiger partial charge < -0.3 is 11.3 Å². The topological polar surface area (TPSA) is 55.2 Å². The molecule has 0 heterocycles. The van der Waals surface area contributed by atoms with Crippen molar-refractivity contribution in [3.63, 3.8) is 0 Å². The van der Waals surface area contributed by atoms with Crippen molar-refractivity contribution in [3.05, 3.63) is 29.8 Å². The van der Waals surface area contributed by atoms with Gasteiger partial charge in [0.1, 0.15) is 5.75 Å². The fraction of sp³-hybridized carbons (Fsp3) is 0.500. The summed E-state index contributed by atoms with van der Waals surface area (Å²) in [5.41, 5.74) is 1.40. The molecule has 4 N–H and O–H groups in total. The highest BCUT2D eigenvalue weighted by atomic mass is 16.3. The first-order valence-electron chi connectivity index (χ1n) is 5.15. The number of rotatable bonds is 1. The molecule has 78 valence electrons. The van der Waals surface area contributed by atoms with Crippen molar-refractivity contribution in [2.45, 2.75) is 38.0 Å². The maximum Gasteiger partial charge on any atom is 0.115 e. The second-order valence-corrected chi connectivity index (χ2v) is 3.93. The van der Waals surface area contributed by atoms with Crippen LogP contribution in [0, 0.1) is 0 Å². The molecule has 2 heteroatoms. The molecular weight excluding hydrogens is 174 g/mol. The van der Waals surface area contributed by atoms with Gasteiger partial charge in [0.15, 0.2) is 0 Å². The summed E-state index contributed by atoms with van der Waals surface area (Å²) in [7, 11) is 0. The molecule has 0 aliphatic heterocycles. The van der Waals surface area contributed by atoms with Gasteiger partial charge in [-0.15, -0.1) is 0 Å². The molecule has 0 atom stereocenters. The minimum atomic E-state index is 0. The van der Waals surface area contributed by atoms with Gasteiger partial charge in [0.05, 0.1) is 0 Å². The molecule has 1 aliphatic rings. The fourth-order valence-electron chi connectivity index (χ4n) is 2.18. The van der Waals surface area contributed by atoms with E-state index in [1.165, 1.54) is 37.7 Å². The van der Waals surface area contributed by atoms with Crippen molar-refractivity contribution >= 4 is 0 Å². The van der Waals surface area contributed by atoms with Gasteiger partial charge in [-0.2, -0.15) is 0 Å². The number of hydrogen-bond donors (Lipinski definition) is 2. The van der Waals surface area contributed by atoms with Crippen LogP contribution >= 0.6 is 0 Å². The van der Waals surface area contributed by atoms with Crippen LogP contribution in [0.1, 0.15) is 43.6 Å². The number of hydrogen-bond acceptors (Lipinski definition) is 2. The van der Waals surface area contributed by atoms with E-state index < -0.39 is 0 Å². The Morgan fingerprint density at radius 1 is 0.929 bits per heavy atom. The highest BCUT2D eigenvalue weighted by Gasteiger charge is 2.14. The third-order valence-electron chi connectivity index (χ3n) is 2.97. The fourth-order valence-corrected chi connectivity index (χ4v) is 2.18.